The molecule has 8 heteroatoms. The monoisotopic (exact) mass is 267 g/mol. The minimum absolute atomic E-state index is 0.0792. The molecule has 0 spiro atoms. The van der Waals surface area contributed by atoms with Gasteiger partial charge in [-0.05, 0) is 24.3 Å². The van der Waals surface area contributed by atoms with Crippen molar-refractivity contribution in [2.75, 3.05) is 6.54 Å². The van der Waals surface area contributed by atoms with Crippen LogP contribution in [0.5, 0.6) is 0 Å². The van der Waals surface area contributed by atoms with Crippen molar-refractivity contribution in [3.05, 3.63) is 29.8 Å². The lowest BCUT2D eigenvalue weighted by Crippen LogP contribution is -2.47. The fourth-order valence-corrected chi connectivity index (χ4v) is 1.41. The first-order valence-corrected chi connectivity index (χ1v) is 5.63. The summed E-state index contributed by atoms with van der Waals surface area (Å²) in [6.45, 7) is 0.0792. The van der Waals surface area contributed by atoms with E-state index in [0.717, 1.165) is 5.56 Å². The highest BCUT2D eigenvalue weighted by atomic mass is 16.2. The van der Waals surface area contributed by atoms with E-state index in [0.29, 0.717) is 11.5 Å². The van der Waals surface area contributed by atoms with Crippen LogP contribution < -0.4 is 10.9 Å². The van der Waals surface area contributed by atoms with Gasteiger partial charge in [-0.1, -0.05) is 0 Å². The number of nitrogens with zero attached hydrogens (tertiary/aromatic N) is 5. The Labute approximate surface area is 114 Å². The summed E-state index contributed by atoms with van der Waals surface area (Å²) in [6.07, 6.45) is 0. The fourth-order valence-electron chi connectivity index (χ4n) is 1.41. The van der Waals surface area contributed by atoms with Crippen LogP contribution in [-0.2, 0) is 4.79 Å². The van der Waals surface area contributed by atoms with E-state index in [1.165, 1.54) is 0 Å². The minimum Gasteiger partial charge on any atom is -0.282 e. The summed E-state index contributed by atoms with van der Waals surface area (Å²) in [5.74, 6) is 0.359. The minimum atomic E-state index is -1.10. The number of nitriles is 2. The van der Waals surface area contributed by atoms with Gasteiger partial charge in [-0.3, -0.25) is 20.6 Å². The highest BCUT2D eigenvalue weighted by Gasteiger charge is 2.11. The van der Waals surface area contributed by atoms with Gasteiger partial charge >= 0.3 is 0 Å². The summed E-state index contributed by atoms with van der Waals surface area (Å²) in [5.41, 5.74) is 6.45. The molecule has 1 aliphatic heterocycles. The molecule has 20 heavy (non-hydrogen) atoms. The number of benzene rings is 1. The summed E-state index contributed by atoms with van der Waals surface area (Å²) >= 11 is 0. The number of carbonyl (C=O) groups is 1. The number of hydrogen-bond donors (Lipinski definition) is 2. The molecule has 2 rings (SSSR count). The molecule has 0 saturated carbocycles. The molecule has 0 saturated heterocycles. The molecule has 0 bridgehead atoms. The Morgan fingerprint density at radius 2 is 1.90 bits per heavy atom. The van der Waals surface area contributed by atoms with Crippen LogP contribution in [0.3, 0.4) is 0 Å². The maximum atomic E-state index is 10.9. The lowest BCUT2D eigenvalue weighted by molar-refractivity contribution is -0.120. The van der Waals surface area contributed by atoms with Gasteiger partial charge in [-0.2, -0.15) is 20.8 Å². The van der Waals surface area contributed by atoms with Crippen molar-refractivity contribution in [3.63, 3.8) is 0 Å². The van der Waals surface area contributed by atoms with Crippen molar-refractivity contribution in [2.45, 2.75) is 6.04 Å². The van der Waals surface area contributed by atoms with Gasteiger partial charge in [0.25, 0.3) is 5.91 Å². The molecule has 98 valence electrons. The number of aliphatic imine (C=N–C) groups is 1. The van der Waals surface area contributed by atoms with Gasteiger partial charge in [0.05, 0.1) is 5.69 Å². The lowest BCUT2D eigenvalue weighted by atomic mass is 10.2. The smallest absolute Gasteiger partial charge is 0.260 e. The number of hydrogen-bond acceptors (Lipinski definition) is 7. The Morgan fingerprint density at radius 1 is 1.20 bits per heavy atom. The molecule has 0 unspecified atom stereocenters. The fraction of sp³-hybridized carbons (Fsp3) is 0.167. The number of hydrazine groups is 1. The molecular formula is C12H9N7O. The molecule has 0 atom stereocenters. The highest BCUT2D eigenvalue weighted by molar-refractivity contribution is 6.02. The van der Waals surface area contributed by atoms with Gasteiger partial charge in [0.15, 0.2) is 0 Å². The van der Waals surface area contributed by atoms with E-state index in [1.807, 2.05) is 0 Å². The summed E-state index contributed by atoms with van der Waals surface area (Å²) in [6, 6.07) is 9.12. The zero-order valence-corrected chi connectivity index (χ0v) is 10.2. The summed E-state index contributed by atoms with van der Waals surface area (Å²) in [4.78, 5) is 15.0. The molecular weight excluding hydrogens is 258 g/mol. The predicted octanol–water partition coefficient (Wildman–Crippen LogP) is 0.567. The van der Waals surface area contributed by atoms with Crippen LogP contribution in [0.25, 0.3) is 0 Å². The average Bonchev–Trinajstić information content (AvgIpc) is 2.50. The maximum Gasteiger partial charge on any atom is 0.260 e. The zero-order valence-electron chi connectivity index (χ0n) is 10.2. The molecule has 1 aliphatic rings. The number of amidine groups is 1. The normalized spacial score (nSPS) is 14.2. The molecule has 2 N–H and O–H groups in total. The zero-order chi connectivity index (χ0) is 14.4. The van der Waals surface area contributed by atoms with E-state index < -0.39 is 6.04 Å². The highest BCUT2D eigenvalue weighted by Crippen LogP contribution is 2.14. The summed E-state index contributed by atoms with van der Waals surface area (Å²) in [7, 11) is 0. The number of carbonyl (C=O) groups excluding carboxylic acids is 1. The standard InChI is InChI=1S/C12H9N7O/c13-5-10(6-14)17-16-9-3-1-8(2-4-9)12-15-7-11(20)18-19-12/h1-4,10H,7H2,(H,15,19)(H,18,20). The molecule has 0 fully saturated rings. The predicted molar refractivity (Wildman–Crippen MR) is 68.7 cm³/mol. The first-order valence-electron chi connectivity index (χ1n) is 5.63. The molecule has 8 nitrogen and oxygen atoms in total. The second-order valence-electron chi connectivity index (χ2n) is 3.76. The van der Waals surface area contributed by atoms with Crippen molar-refractivity contribution in [1.82, 2.24) is 10.9 Å². The van der Waals surface area contributed by atoms with Crippen molar-refractivity contribution in [1.29, 1.82) is 10.5 Å². The number of rotatable bonds is 3. The number of amides is 1. The Balaban J connectivity index is 2.10. The molecule has 1 aromatic rings. The van der Waals surface area contributed by atoms with Crippen molar-refractivity contribution < 1.29 is 4.79 Å². The molecule has 1 amide bonds. The van der Waals surface area contributed by atoms with Gasteiger partial charge in [-0.15, -0.1) is 0 Å². The van der Waals surface area contributed by atoms with E-state index >= 15 is 0 Å². The lowest BCUT2D eigenvalue weighted by Gasteiger charge is -2.15. The third kappa shape index (κ3) is 3.15. The first kappa shape index (κ1) is 13.2. The largest absolute Gasteiger partial charge is 0.282 e. The second kappa shape index (κ2) is 6.07. The SMILES string of the molecule is N#CC(C#N)N=Nc1ccc(C2=NCC(=O)NN2)cc1. The Bertz CT molecular complexity index is 634. The van der Waals surface area contributed by atoms with Crippen molar-refractivity contribution in [2.24, 2.45) is 15.2 Å². The molecule has 0 aliphatic carbocycles. The topological polar surface area (TPSA) is 126 Å². The van der Waals surface area contributed by atoms with Gasteiger partial charge in [0.2, 0.25) is 6.04 Å². The van der Waals surface area contributed by atoms with E-state index in [9.17, 15) is 4.79 Å². The first-order chi connectivity index (χ1) is 9.72. The summed E-state index contributed by atoms with van der Waals surface area (Å²) in [5, 5.41) is 24.5. The van der Waals surface area contributed by atoms with Gasteiger partial charge in [-0.25, -0.2) is 0 Å². The van der Waals surface area contributed by atoms with Gasteiger partial charge in [0, 0.05) is 5.56 Å². The maximum absolute atomic E-state index is 10.9. The Morgan fingerprint density at radius 3 is 2.45 bits per heavy atom. The van der Waals surface area contributed by atoms with Gasteiger partial charge in [0.1, 0.15) is 24.5 Å². The van der Waals surface area contributed by atoms with Crippen LogP contribution in [0.4, 0.5) is 5.69 Å². The third-order valence-corrected chi connectivity index (χ3v) is 2.38. The van der Waals surface area contributed by atoms with Crippen LogP contribution in [0, 0.1) is 22.7 Å². The molecule has 1 heterocycles. The Hall–Kier alpha value is -3.26. The van der Waals surface area contributed by atoms with E-state index in [4.69, 9.17) is 10.5 Å². The molecule has 0 aromatic heterocycles. The second-order valence-corrected chi connectivity index (χ2v) is 3.76. The molecule has 1 aromatic carbocycles. The van der Waals surface area contributed by atoms with E-state index in [2.05, 4.69) is 26.1 Å². The number of nitrogens with one attached hydrogen (secondary N) is 2. The van der Waals surface area contributed by atoms with Crippen molar-refractivity contribution in [3.8, 4) is 12.1 Å². The van der Waals surface area contributed by atoms with Crippen LogP contribution >= 0.6 is 0 Å². The third-order valence-electron chi connectivity index (χ3n) is 2.38. The quantitative estimate of drug-likeness (QED) is 0.776. The van der Waals surface area contributed by atoms with E-state index in [1.54, 1.807) is 36.4 Å². The molecule has 0 radical (unpaired) electrons. The van der Waals surface area contributed by atoms with Crippen LogP contribution in [0.15, 0.2) is 39.5 Å². The van der Waals surface area contributed by atoms with Crippen LogP contribution in [-0.4, -0.2) is 24.3 Å². The van der Waals surface area contributed by atoms with Crippen LogP contribution in [0.2, 0.25) is 0 Å². The number of azo groups is 1. The average molecular weight is 267 g/mol. The van der Waals surface area contributed by atoms with Gasteiger partial charge < -0.3 is 0 Å². The van der Waals surface area contributed by atoms with E-state index in [-0.39, 0.29) is 12.5 Å². The van der Waals surface area contributed by atoms with Crippen LogP contribution in [0.1, 0.15) is 5.56 Å². The Kier molecular flexibility index (Phi) is 4.00. The van der Waals surface area contributed by atoms with Crippen molar-refractivity contribution >= 4 is 17.4 Å². The summed E-state index contributed by atoms with van der Waals surface area (Å²) < 4.78 is 0.